The standard InChI is InChI=1S/C14H19NO2/c1-15(17-2)13(16)14(10-6-7-11-14)12-8-4-3-5-9-12/h3-5,8-9H,6-7,10-11H2,1-2H3. The molecule has 1 fully saturated rings. The van der Waals surface area contributed by atoms with E-state index in [1.807, 2.05) is 30.3 Å². The van der Waals surface area contributed by atoms with E-state index in [-0.39, 0.29) is 11.3 Å². The Kier molecular flexibility index (Phi) is 3.48. The molecule has 1 aliphatic rings. The van der Waals surface area contributed by atoms with E-state index in [2.05, 4.69) is 0 Å². The second kappa shape index (κ2) is 4.88. The van der Waals surface area contributed by atoms with Gasteiger partial charge in [-0.15, -0.1) is 0 Å². The van der Waals surface area contributed by atoms with Crippen molar-refractivity contribution in [2.24, 2.45) is 0 Å². The molecule has 0 aromatic heterocycles. The van der Waals surface area contributed by atoms with E-state index in [9.17, 15) is 4.79 Å². The number of rotatable bonds is 3. The van der Waals surface area contributed by atoms with Crippen molar-refractivity contribution in [3.63, 3.8) is 0 Å². The highest BCUT2D eigenvalue weighted by Gasteiger charge is 2.44. The Hall–Kier alpha value is -1.35. The third-order valence-corrected chi connectivity index (χ3v) is 3.75. The van der Waals surface area contributed by atoms with Gasteiger partial charge >= 0.3 is 0 Å². The summed E-state index contributed by atoms with van der Waals surface area (Å²) in [5.41, 5.74) is 0.748. The number of benzene rings is 1. The molecule has 0 N–H and O–H groups in total. The van der Waals surface area contributed by atoms with Crippen LogP contribution in [0.4, 0.5) is 0 Å². The van der Waals surface area contributed by atoms with E-state index < -0.39 is 0 Å². The molecule has 0 radical (unpaired) electrons. The number of amides is 1. The number of likely N-dealkylation sites (N-methyl/N-ethyl adjacent to an activating group) is 1. The van der Waals surface area contributed by atoms with Gasteiger partial charge in [0, 0.05) is 7.05 Å². The average molecular weight is 233 g/mol. The van der Waals surface area contributed by atoms with Crippen LogP contribution in [0.3, 0.4) is 0 Å². The molecule has 1 aromatic carbocycles. The summed E-state index contributed by atoms with van der Waals surface area (Å²) in [6, 6.07) is 10.1. The average Bonchev–Trinajstić information content (AvgIpc) is 2.88. The van der Waals surface area contributed by atoms with Gasteiger partial charge < -0.3 is 0 Å². The number of hydroxylamine groups is 2. The molecule has 0 atom stereocenters. The summed E-state index contributed by atoms with van der Waals surface area (Å²) in [7, 11) is 3.22. The lowest BCUT2D eigenvalue weighted by Gasteiger charge is -2.31. The predicted octanol–water partition coefficient (Wildman–Crippen LogP) is 2.52. The largest absolute Gasteiger partial charge is 0.275 e. The summed E-state index contributed by atoms with van der Waals surface area (Å²) >= 11 is 0. The Morgan fingerprint density at radius 1 is 1.24 bits per heavy atom. The Labute approximate surface area is 102 Å². The fourth-order valence-corrected chi connectivity index (χ4v) is 2.75. The van der Waals surface area contributed by atoms with Crippen molar-refractivity contribution in [2.75, 3.05) is 14.2 Å². The van der Waals surface area contributed by atoms with Crippen molar-refractivity contribution in [2.45, 2.75) is 31.1 Å². The molecule has 17 heavy (non-hydrogen) atoms. The SMILES string of the molecule is CON(C)C(=O)C1(c2ccccc2)CCCC1. The van der Waals surface area contributed by atoms with Crippen LogP contribution in [-0.2, 0) is 15.0 Å². The number of hydrogen-bond acceptors (Lipinski definition) is 2. The zero-order chi connectivity index (χ0) is 12.3. The second-order valence-corrected chi connectivity index (χ2v) is 4.64. The van der Waals surface area contributed by atoms with Crippen LogP contribution in [0, 0.1) is 0 Å². The van der Waals surface area contributed by atoms with Gasteiger partial charge in [0.05, 0.1) is 12.5 Å². The van der Waals surface area contributed by atoms with Gasteiger partial charge in [-0.2, -0.15) is 0 Å². The summed E-state index contributed by atoms with van der Waals surface area (Å²) < 4.78 is 0. The molecule has 0 heterocycles. The minimum absolute atomic E-state index is 0.0729. The van der Waals surface area contributed by atoms with E-state index in [1.165, 1.54) is 12.2 Å². The summed E-state index contributed by atoms with van der Waals surface area (Å²) in [5, 5.41) is 1.36. The zero-order valence-electron chi connectivity index (χ0n) is 10.5. The third kappa shape index (κ3) is 2.07. The fraction of sp³-hybridized carbons (Fsp3) is 0.500. The molecular formula is C14H19NO2. The Morgan fingerprint density at radius 3 is 2.35 bits per heavy atom. The number of hydrogen-bond donors (Lipinski definition) is 0. The van der Waals surface area contributed by atoms with Gasteiger partial charge in [-0.05, 0) is 18.4 Å². The smallest absolute Gasteiger partial charge is 0.256 e. The van der Waals surface area contributed by atoms with Crippen LogP contribution in [0.1, 0.15) is 31.2 Å². The van der Waals surface area contributed by atoms with Crippen LogP contribution in [-0.4, -0.2) is 25.1 Å². The Bertz CT molecular complexity index is 382. The fourth-order valence-electron chi connectivity index (χ4n) is 2.75. The summed E-state index contributed by atoms with van der Waals surface area (Å²) in [4.78, 5) is 17.6. The molecule has 1 aliphatic carbocycles. The van der Waals surface area contributed by atoms with Crippen molar-refractivity contribution >= 4 is 5.91 Å². The molecule has 1 amide bonds. The summed E-state index contributed by atoms with van der Waals surface area (Å²) in [6.45, 7) is 0. The Morgan fingerprint density at radius 2 is 1.82 bits per heavy atom. The van der Waals surface area contributed by atoms with Crippen LogP contribution >= 0.6 is 0 Å². The van der Waals surface area contributed by atoms with Crippen LogP contribution < -0.4 is 0 Å². The molecule has 1 saturated carbocycles. The van der Waals surface area contributed by atoms with Gasteiger partial charge in [0.15, 0.2) is 0 Å². The molecule has 0 saturated heterocycles. The predicted molar refractivity (Wildman–Crippen MR) is 66.4 cm³/mol. The maximum Gasteiger partial charge on any atom is 0.256 e. The second-order valence-electron chi connectivity index (χ2n) is 4.64. The van der Waals surface area contributed by atoms with Gasteiger partial charge in [0.2, 0.25) is 0 Å². The molecule has 0 aliphatic heterocycles. The van der Waals surface area contributed by atoms with Crippen LogP contribution in [0.5, 0.6) is 0 Å². The van der Waals surface area contributed by atoms with Crippen molar-refractivity contribution in [3.05, 3.63) is 35.9 Å². The molecule has 1 aromatic rings. The molecule has 0 bridgehead atoms. The lowest BCUT2D eigenvalue weighted by molar-refractivity contribution is -0.175. The van der Waals surface area contributed by atoms with E-state index >= 15 is 0 Å². The zero-order valence-corrected chi connectivity index (χ0v) is 10.5. The highest BCUT2D eigenvalue weighted by atomic mass is 16.7. The molecule has 2 rings (SSSR count). The van der Waals surface area contributed by atoms with Gasteiger partial charge in [-0.25, -0.2) is 5.06 Å². The first-order valence-corrected chi connectivity index (χ1v) is 6.08. The summed E-state index contributed by atoms with van der Waals surface area (Å²) in [6.07, 6.45) is 4.06. The Balaban J connectivity index is 2.37. The first-order valence-electron chi connectivity index (χ1n) is 6.08. The quantitative estimate of drug-likeness (QED) is 0.751. The van der Waals surface area contributed by atoms with Crippen molar-refractivity contribution in [1.82, 2.24) is 5.06 Å². The van der Waals surface area contributed by atoms with Crippen LogP contribution in [0.2, 0.25) is 0 Å². The molecule has 0 spiro atoms. The minimum Gasteiger partial charge on any atom is -0.275 e. The molecule has 92 valence electrons. The van der Waals surface area contributed by atoms with Gasteiger partial charge in [-0.1, -0.05) is 43.2 Å². The summed E-state index contributed by atoms with van der Waals surface area (Å²) in [5.74, 6) is 0.0729. The lowest BCUT2D eigenvalue weighted by atomic mass is 9.78. The van der Waals surface area contributed by atoms with Gasteiger partial charge in [0.1, 0.15) is 0 Å². The van der Waals surface area contributed by atoms with E-state index in [0.717, 1.165) is 31.2 Å². The van der Waals surface area contributed by atoms with E-state index in [1.54, 1.807) is 7.05 Å². The molecular weight excluding hydrogens is 214 g/mol. The monoisotopic (exact) mass is 233 g/mol. The normalized spacial score (nSPS) is 18.0. The number of carbonyl (C=O) groups excluding carboxylic acids is 1. The molecule has 3 heteroatoms. The topological polar surface area (TPSA) is 29.5 Å². The minimum atomic E-state index is -0.369. The maximum atomic E-state index is 12.5. The van der Waals surface area contributed by atoms with Crippen molar-refractivity contribution in [1.29, 1.82) is 0 Å². The number of nitrogens with zero attached hydrogens (tertiary/aromatic N) is 1. The van der Waals surface area contributed by atoms with E-state index in [4.69, 9.17) is 4.84 Å². The maximum absolute atomic E-state index is 12.5. The number of carbonyl (C=O) groups is 1. The first kappa shape index (κ1) is 12.1. The van der Waals surface area contributed by atoms with Crippen molar-refractivity contribution < 1.29 is 9.63 Å². The van der Waals surface area contributed by atoms with Gasteiger partial charge in [-0.3, -0.25) is 9.63 Å². The highest BCUT2D eigenvalue weighted by molar-refractivity contribution is 5.87. The van der Waals surface area contributed by atoms with E-state index in [0.29, 0.717) is 0 Å². The molecule has 0 unspecified atom stereocenters. The van der Waals surface area contributed by atoms with Crippen LogP contribution in [0.25, 0.3) is 0 Å². The third-order valence-electron chi connectivity index (χ3n) is 3.75. The molecule has 3 nitrogen and oxygen atoms in total. The first-order chi connectivity index (χ1) is 8.20. The van der Waals surface area contributed by atoms with Crippen LogP contribution in [0.15, 0.2) is 30.3 Å². The highest BCUT2D eigenvalue weighted by Crippen LogP contribution is 2.42. The van der Waals surface area contributed by atoms with Crippen molar-refractivity contribution in [3.8, 4) is 0 Å². The van der Waals surface area contributed by atoms with Gasteiger partial charge in [0.25, 0.3) is 5.91 Å². The lowest BCUT2D eigenvalue weighted by Crippen LogP contribution is -2.43.